The van der Waals surface area contributed by atoms with Crippen LogP contribution in [-0.2, 0) is 24.3 Å². The number of aromatic nitrogens is 5. The lowest BCUT2D eigenvalue weighted by Gasteiger charge is -2.08. The van der Waals surface area contributed by atoms with Crippen molar-refractivity contribution >= 4 is 16.8 Å². The van der Waals surface area contributed by atoms with E-state index in [9.17, 15) is 9.59 Å². The summed E-state index contributed by atoms with van der Waals surface area (Å²) >= 11 is 0. The van der Waals surface area contributed by atoms with Crippen LogP contribution in [0, 0.1) is 0 Å². The van der Waals surface area contributed by atoms with Gasteiger partial charge in [-0.25, -0.2) is 14.6 Å². The molecule has 2 N–H and O–H groups in total. The number of benzene rings is 1. The molecule has 0 aliphatic heterocycles. The zero-order chi connectivity index (χ0) is 17.8. The number of carbonyl (C=O) groups excluding carboxylic acids is 1. The molecule has 0 fully saturated rings. The van der Waals surface area contributed by atoms with Crippen LogP contribution in [0.1, 0.15) is 31.4 Å². The molecule has 1 aromatic carbocycles. The molecule has 130 valence electrons. The van der Waals surface area contributed by atoms with Crippen LogP contribution in [-0.4, -0.2) is 30.2 Å². The van der Waals surface area contributed by atoms with Gasteiger partial charge in [-0.15, -0.1) is 0 Å². The van der Waals surface area contributed by atoms with Crippen molar-refractivity contribution in [2.45, 2.75) is 39.3 Å². The first kappa shape index (κ1) is 16.8. The highest BCUT2D eigenvalue weighted by Crippen LogP contribution is 2.07. The molecule has 8 nitrogen and oxygen atoms in total. The molecule has 8 heteroatoms. The highest BCUT2D eigenvalue weighted by molar-refractivity contribution is 5.77. The summed E-state index contributed by atoms with van der Waals surface area (Å²) in [5.41, 5.74) is 5.76. The van der Waals surface area contributed by atoms with Gasteiger partial charge in [0.1, 0.15) is 5.82 Å². The number of hydrogen-bond acceptors (Lipinski definition) is 5. The quantitative estimate of drug-likeness (QED) is 0.686. The Hall–Kier alpha value is -3.03. The fraction of sp³-hybridized carbons (Fsp3) is 0.353. The van der Waals surface area contributed by atoms with Crippen LogP contribution in [0.4, 0.5) is 0 Å². The smallest absolute Gasteiger partial charge is 0.261 e. The lowest BCUT2D eigenvalue weighted by molar-refractivity contribution is -0.117. The van der Waals surface area contributed by atoms with E-state index in [0.29, 0.717) is 29.1 Å². The first-order valence-electron chi connectivity index (χ1n) is 8.23. The normalized spacial score (nSPS) is 11.1. The predicted octanol–water partition coefficient (Wildman–Crippen LogP) is 0.864. The third-order valence-corrected chi connectivity index (χ3v) is 3.89. The van der Waals surface area contributed by atoms with Crippen molar-refractivity contribution in [3.8, 4) is 0 Å². The van der Waals surface area contributed by atoms with E-state index in [1.165, 1.54) is 10.9 Å². The Bertz CT molecular complexity index is 959. The molecule has 0 unspecified atom stereocenters. The molecule has 0 aliphatic rings. The van der Waals surface area contributed by atoms with Gasteiger partial charge in [0.15, 0.2) is 5.82 Å². The molecule has 25 heavy (non-hydrogen) atoms. The number of fused-ring (bicyclic) bond motifs is 1. The summed E-state index contributed by atoms with van der Waals surface area (Å²) < 4.78 is 3.24. The zero-order valence-electron chi connectivity index (χ0n) is 14.1. The first-order chi connectivity index (χ1) is 12.1. The van der Waals surface area contributed by atoms with E-state index >= 15 is 0 Å². The lowest BCUT2D eigenvalue weighted by atomic mass is 10.2. The van der Waals surface area contributed by atoms with Crippen LogP contribution >= 0.6 is 0 Å². The van der Waals surface area contributed by atoms with Crippen molar-refractivity contribution in [1.29, 1.82) is 0 Å². The molecule has 3 rings (SSSR count). The van der Waals surface area contributed by atoms with E-state index in [1.54, 1.807) is 16.8 Å². The van der Waals surface area contributed by atoms with Crippen LogP contribution in [0.3, 0.4) is 0 Å². The molecule has 0 saturated carbocycles. The van der Waals surface area contributed by atoms with Gasteiger partial charge in [0, 0.05) is 6.54 Å². The highest BCUT2D eigenvalue weighted by atomic mass is 16.1. The second-order valence-corrected chi connectivity index (χ2v) is 5.86. The minimum atomic E-state index is -0.483. The minimum Gasteiger partial charge on any atom is -0.369 e. The van der Waals surface area contributed by atoms with Crippen molar-refractivity contribution in [2.75, 3.05) is 0 Å². The van der Waals surface area contributed by atoms with E-state index in [4.69, 9.17) is 5.73 Å². The Morgan fingerprint density at radius 1 is 1.28 bits per heavy atom. The van der Waals surface area contributed by atoms with Crippen molar-refractivity contribution in [3.05, 3.63) is 52.6 Å². The topological polar surface area (TPSA) is 109 Å². The molecule has 1 amide bonds. The maximum atomic E-state index is 12.6. The molecule has 0 aliphatic carbocycles. The number of hydrogen-bond donors (Lipinski definition) is 1. The molecular weight excluding hydrogens is 320 g/mol. The van der Waals surface area contributed by atoms with Crippen LogP contribution < -0.4 is 11.3 Å². The fourth-order valence-corrected chi connectivity index (χ4v) is 2.63. The standard InChI is InChI=1S/C17H20N6O2/c1-2-3-8-23-16(20-15(21-23)9-14(18)24)10-22-11-19-13-7-5-4-6-12(13)17(22)25/h4-7,11H,2-3,8-10H2,1H3,(H2,18,24). The third-order valence-electron chi connectivity index (χ3n) is 3.89. The Kier molecular flexibility index (Phi) is 4.87. The molecule has 2 aromatic heterocycles. The number of amides is 1. The fourth-order valence-electron chi connectivity index (χ4n) is 2.63. The maximum Gasteiger partial charge on any atom is 0.261 e. The second-order valence-electron chi connectivity index (χ2n) is 5.86. The van der Waals surface area contributed by atoms with Gasteiger partial charge in [-0.2, -0.15) is 5.10 Å². The Morgan fingerprint density at radius 2 is 2.08 bits per heavy atom. The Morgan fingerprint density at radius 3 is 2.84 bits per heavy atom. The molecule has 2 heterocycles. The molecule has 3 aromatic rings. The number of primary amides is 1. The maximum absolute atomic E-state index is 12.6. The average molecular weight is 340 g/mol. The molecule has 0 bridgehead atoms. The number of nitrogens with zero attached hydrogens (tertiary/aromatic N) is 5. The summed E-state index contributed by atoms with van der Waals surface area (Å²) in [6.45, 7) is 3.00. The minimum absolute atomic E-state index is 0.0169. The number of carbonyl (C=O) groups is 1. The van der Waals surface area contributed by atoms with Crippen molar-refractivity contribution < 1.29 is 4.79 Å². The number of unbranched alkanes of at least 4 members (excludes halogenated alkanes) is 1. The summed E-state index contributed by atoms with van der Waals surface area (Å²) in [7, 11) is 0. The van der Waals surface area contributed by atoms with E-state index in [-0.39, 0.29) is 18.5 Å². The monoisotopic (exact) mass is 340 g/mol. The van der Waals surface area contributed by atoms with Gasteiger partial charge in [-0.3, -0.25) is 14.2 Å². The van der Waals surface area contributed by atoms with Crippen molar-refractivity contribution in [3.63, 3.8) is 0 Å². The number of para-hydroxylation sites is 1. The van der Waals surface area contributed by atoms with E-state index < -0.39 is 5.91 Å². The van der Waals surface area contributed by atoms with Gasteiger partial charge in [0.05, 0.1) is 30.2 Å². The van der Waals surface area contributed by atoms with Gasteiger partial charge in [0.25, 0.3) is 5.56 Å². The second kappa shape index (κ2) is 7.25. The number of nitrogens with two attached hydrogens (primary N) is 1. The largest absolute Gasteiger partial charge is 0.369 e. The van der Waals surface area contributed by atoms with Gasteiger partial charge in [-0.05, 0) is 18.6 Å². The number of aryl methyl sites for hydroxylation is 1. The lowest BCUT2D eigenvalue weighted by Crippen LogP contribution is -2.23. The summed E-state index contributed by atoms with van der Waals surface area (Å²) in [6, 6.07) is 7.21. The average Bonchev–Trinajstić information content (AvgIpc) is 2.96. The molecule has 0 saturated heterocycles. The first-order valence-corrected chi connectivity index (χ1v) is 8.23. The molecule has 0 radical (unpaired) electrons. The Labute approximate surface area is 144 Å². The van der Waals surface area contributed by atoms with E-state index in [0.717, 1.165) is 12.8 Å². The zero-order valence-corrected chi connectivity index (χ0v) is 14.1. The van der Waals surface area contributed by atoms with Gasteiger partial charge in [0.2, 0.25) is 5.91 Å². The molecular formula is C17H20N6O2. The third kappa shape index (κ3) is 3.73. The summed E-state index contributed by atoms with van der Waals surface area (Å²) in [5, 5.41) is 4.90. The van der Waals surface area contributed by atoms with Gasteiger partial charge in [-0.1, -0.05) is 25.5 Å². The van der Waals surface area contributed by atoms with Crippen LogP contribution in [0.15, 0.2) is 35.4 Å². The summed E-state index contributed by atoms with van der Waals surface area (Å²) in [5.74, 6) is 0.507. The van der Waals surface area contributed by atoms with Crippen LogP contribution in [0.25, 0.3) is 10.9 Å². The van der Waals surface area contributed by atoms with Crippen molar-refractivity contribution in [2.24, 2.45) is 5.73 Å². The Balaban J connectivity index is 1.96. The van der Waals surface area contributed by atoms with Gasteiger partial charge < -0.3 is 5.73 Å². The van der Waals surface area contributed by atoms with Crippen LogP contribution in [0.2, 0.25) is 0 Å². The number of rotatable bonds is 7. The molecule has 0 atom stereocenters. The van der Waals surface area contributed by atoms with Gasteiger partial charge >= 0.3 is 0 Å². The van der Waals surface area contributed by atoms with Crippen LogP contribution in [0.5, 0.6) is 0 Å². The van der Waals surface area contributed by atoms with Crippen molar-refractivity contribution in [1.82, 2.24) is 24.3 Å². The highest BCUT2D eigenvalue weighted by Gasteiger charge is 2.13. The predicted molar refractivity (Wildman–Crippen MR) is 92.9 cm³/mol. The van der Waals surface area contributed by atoms with E-state index in [2.05, 4.69) is 22.0 Å². The SMILES string of the molecule is CCCCn1nc(CC(N)=O)nc1Cn1cnc2ccccc2c1=O. The molecule has 0 spiro atoms. The summed E-state index contributed by atoms with van der Waals surface area (Å²) in [6.07, 6.45) is 3.42. The van der Waals surface area contributed by atoms with E-state index in [1.807, 2.05) is 12.1 Å². The summed E-state index contributed by atoms with van der Waals surface area (Å²) in [4.78, 5) is 32.5.